The molecule has 7 heteroatoms. The molecule has 5 nitrogen and oxygen atoms in total. The van der Waals surface area contributed by atoms with Gasteiger partial charge in [0.15, 0.2) is 6.61 Å². The molecular formula is C25H30Cl2N2O3. The predicted octanol–water partition coefficient (Wildman–Crippen LogP) is 5.28. The summed E-state index contributed by atoms with van der Waals surface area (Å²) in [5, 5.41) is 3.98. The van der Waals surface area contributed by atoms with Crippen LogP contribution in [0.5, 0.6) is 5.75 Å². The van der Waals surface area contributed by atoms with E-state index in [1.165, 1.54) is 0 Å². The molecule has 1 N–H and O–H groups in total. The van der Waals surface area contributed by atoms with Gasteiger partial charge in [-0.1, -0.05) is 73.3 Å². The summed E-state index contributed by atoms with van der Waals surface area (Å²) in [6.45, 7) is 2.15. The minimum atomic E-state index is -0.545. The van der Waals surface area contributed by atoms with E-state index < -0.39 is 6.04 Å². The van der Waals surface area contributed by atoms with Crippen molar-refractivity contribution in [3.05, 3.63) is 64.1 Å². The third-order valence-electron chi connectivity index (χ3n) is 5.82. The SMILES string of the molecule is CCC(C(=O)NC1CCCC1)N(CCc1ccccc1)C(=O)COc1ccc(Cl)cc1Cl. The van der Waals surface area contributed by atoms with Gasteiger partial charge in [0.05, 0.1) is 5.02 Å². The van der Waals surface area contributed by atoms with Gasteiger partial charge in [0, 0.05) is 17.6 Å². The van der Waals surface area contributed by atoms with Crippen molar-refractivity contribution in [2.75, 3.05) is 13.2 Å². The zero-order chi connectivity index (χ0) is 22.9. The molecule has 0 aliphatic heterocycles. The van der Waals surface area contributed by atoms with Crippen LogP contribution in [-0.4, -0.2) is 41.9 Å². The molecule has 2 aromatic rings. The maximum absolute atomic E-state index is 13.2. The van der Waals surface area contributed by atoms with Crippen molar-refractivity contribution in [1.29, 1.82) is 0 Å². The van der Waals surface area contributed by atoms with Gasteiger partial charge in [-0.3, -0.25) is 9.59 Å². The van der Waals surface area contributed by atoms with E-state index in [0.717, 1.165) is 31.2 Å². The zero-order valence-corrected chi connectivity index (χ0v) is 19.9. The molecule has 32 heavy (non-hydrogen) atoms. The molecule has 1 aliphatic carbocycles. The van der Waals surface area contributed by atoms with E-state index in [2.05, 4.69) is 5.32 Å². The second-order valence-corrected chi connectivity index (χ2v) is 8.94. The summed E-state index contributed by atoms with van der Waals surface area (Å²) in [5.74, 6) is 0.0431. The summed E-state index contributed by atoms with van der Waals surface area (Å²) in [7, 11) is 0. The van der Waals surface area contributed by atoms with E-state index in [-0.39, 0.29) is 24.5 Å². The molecule has 2 amide bonds. The number of nitrogens with one attached hydrogen (secondary N) is 1. The summed E-state index contributed by atoms with van der Waals surface area (Å²) < 4.78 is 5.68. The highest BCUT2D eigenvalue weighted by Crippen LogP contribution is 2.27. The lowest BCUT2D eigenvalue weighted by Gasteiger charge is -2.31. The largest absolute Gasteiger partial charge is 0.482 e. The Balaban J connectivity index is 1.71. The Hall–Kier alpha value is -2.24. The van der Waals surface area contributed by atoms with Gasteiger partial charge in [-0.2, -0.15) is 0 Å². The third-order valence-corrected chi connectivity index (χ3v) is 6.35. The van der Waals surface area contributed by atoms with Crippen molar-refractivity contribution in [3.63, 3.8) is 0 Å². The molecule has 0 bridgehead atoms. The van der Waals surface area contributed by atoms with E-state index in [0.29, 0.717) is 35.2 Å². The number of ether oxygens (including phenoxy) is 1. The first-order chi connectivity index (χ1) is 15.5. The van der Waals surface area contributed by atoms with Gasteiger partial charge >= 0.3 is 0 Å². The number of nitrogens with zero attached hydrogens (tertiary/aromatic N) is 1. The van der Waals surface area contributed by atoms with Crippen LogP contribution in [0.15, 0.2) is 48.5 Å². The van der Waals surface area contributed by atoms with Crippen LogP contribution in [0.3, 0.4) is 0 Å². The number of rotatable bonds is 10. The lowest BCUT2D eigenvalue weighted by atomic mass is 10.1. The zero-order valence-electron chi connectivity index (χ0n) is 18.4. The molecule has 0 aromatic heterocycles. The number of carbonyl (C=O) groups excluding carboxylic acids is 2. The molecule has 0 spiro atoms. The van der Waals surface area contributed by atoms with Crippen molar-refractivity contribution in [2.45, 2.75) is 57.5 Å². The fourth-order valence-electron chi connectivity index (χ4n) is 4.08. The van der Waals surface area contributed by atoms with Gasteiger partial charge in [0.25, 0.3) is 5.91 Å². The Morgan fingerprint density at radius 1 is 1.12 bits per heavy atom. The molecule has 1 saturated carbocycles. The molecule has 1 atom stereocenters. The van der Waals surface area contributed by atoms with Crippen LogP contribution in [0.1, 0.15) is 44.6 Å². The first-order valence-corrected chi connectivity index (χ1v) is 11.9. The van der Waals surface area contributed by atoms with Crippen molar-refractivity contribution in [3.8, 4) is 5.75 Å². The number of hydrogen-bond donors (Lipinski definition) is 1. The standard InChI is InChI=1S/C25H30Cl2N2O3/c1-2-22(25(31)28-20-10-6-7-11-20)29(15-14-18-8-4-3-5-9-18)24(30)17-32-23-13-12-19(26)16-21(23)27/h3-5,8-9,12-13,16,20,22H,2,6-7,10-11,14-15,17H2,1H3,(H,28,31). The normalized spacial score (nSPS) is 14.7. The molecule has 0 heterocycles. The van der Waals surface area contributed by atoms with Crippen LogP contribution in [0, 0.1) is 0 Å². The summed E-state index contributed by atoms with van der Waals surface area (Å²) in [6.07, 6.45) is 5.45. The van der Waals surface area contributed by atoms with Crippen molar-refractivity contribution in [1.82, 2.24) is 10.2 Å². The van der Waals surface area contributed by atoms with E-state index in [1.54, 1.807) is 23.1 Å². The third kappa shape index (κ3) is 6.88. The van der Waals surface area contributed by atoms with Crippen LogP contribution in [0.2, 0.25) is 10.0 Å². The van der Waals surface area contributed by atoms with Crippen LogP contribution in [0.4, 0.5) is 0 Å². The van der Waals surface area contributed by atoms with Gasteiger partial charge in [0.1, 0.15) is 11.8 Å². The second kappa shape index (κ2) is 12.1. The molecule has 1 fully saturated rings. The summed E-state index contributed by atoms with van der Waals surface area (Å²) in [6, 6.07) is 14.5. The van der Waals surface area contributed by atoms with Crippen LogP contribution >= 0.6 is 23.2 Å². The Morgan fingerprint density at radius 3 is 2.50 bits per heavy atom. The quantitative estimate of drug-likeness (QED) is 0.507. The molecule has 1 aliphatic rings. The van der Waals surface area contributed by atoms with E-state index in [9.17, 15) is 9.59 Å². The smallest absolute Gasteiger partial charge is 0.261 e. The van der Waals surface area contributed by atoms with Gasteiger partial charge in [0.2, 0.25) is 5.91 Å². The average Bonchev–Trinajstić information content (AvgIpc) is 3.29. The van der Waals surface area contributed by atoms with E-state index >= 15 is 0 Å². The summed E-state index contributed by atoms with van der Waals surface area (Å²) in [4.78, 5) is 27.9. The highest BCUT2D eigenvalue weighted by atomic mass is 35.5. The van der Waals surface area contributed by atoms with Crippen LogP contribution in [0.25, 0.3) is 0 Å². The molecule has 2 aromatic carbocycles. The van der Waals surface area contributed by atoms with Crippen molar-refractivity contribution < 1.29 is 14.3 Å². The first kappa shape index (κ1) is 24.4. The highest BCUT2D eigenvalue weighted by Gasteiger charge is 2.30. The number of amides is 2. The molecule has 1 unspecified atom stereocenters. The Kier molecular flexibility index (Phi) is 9.24. The summed E-state index contributed by atoms with van der Waals surface area (Å²) in [5.41, 5.74) is 1.11. The topological polar surface area (TPSA) is 58.6 Å². The Bertz CT molecular complexity index is 901. The summed E-state index contributed by atoms with van der Waals surface area (Å²) >= 11 is 12.1. The molecule has 172 valence electrons. The van der Waals surface area contributed by atoms with Gasteiger partial charge in [-0.25, -0.2) is 0 Å². The fraction of sp³-hybridized carbons (Fsp3) is 0.440. The lowest BCUT2D eigenvalue weighted by Crippen LogP contribution is -2.52. The number of carbonyl (C=O) groups is 2. The predicted molar refractivity (Wildman–Crippen MR) is 128 cm³/mol. The maximum atomic E-state index is 13.2. The van der Waals surface area contributed by atoms with Gasteiger partial charge < -0.3 is 15.0 Å². The maximum Gasteiger partial charge on any atom is 0.261 e. The van der Waals surface area contributed by atoms with Gasteiger partial charge in [-0.05, 0) is 49.4 Å². The van der Waals surface area contributed by atoms with Gasteiger partial charge in [-0.15, -0.1) is 0 Å². The van der Waals surface area contributed by atoms with Crippen molar-refractivity contribution >= 4 is 35.0 Å². The molecule has 0 radical (unpaired) electrons. The average molecular weight is 477 g/mol. The second-order valence-electron chi connectivity index (χ2n) is 8.10. The monoisotopic (exact) mass is 476 g/mol. The first-order valence-electron chi connectivity index (χ1n) is 11.2. The molecule has 0 saturated heterocycles. The van der Waals surface area contributed by atoms with Crippen molar-refractivity contribution in [2.24, 2.45) is 0 Å². The molecular weight excluding hydrogens is 447 g/mol. The molecule has 3 rings (SSSR count). The van der Waals surface area contributed by atoms with E-state index in [4.69, 9.17) is 27.9 Å². The number of hydrogen-bond acceptors (Lipinski definition) is 3. The van der Waals surface area contributed by atoms with Crippen LogP contribution < -0.4 is 10.1 Å². The minimum Gasteiger partial charge on any atom is -0.482 e. The van der Waals surface area contributed by atoms with E-state index in [1.807, 2.05) is 37.3 Å². The fourth-order valence-corrected chi connectivity index (χ4v) is 4.54. The lowest BCUT2D eigenvalue weighted by molar-refractivity contribution is -0.142. The van der Waals surface area contributed by atoms with Crippen LogP contribution in [-0.2, 0) is 16.0 Å². The Labute approximate surface area is 200 Å². The minimum absolute atomic E-state index is 0.0923. The number of halogens is 2. The highest BCUT2D eigenvalue weighted by molar-refractivity contribution is 6.35. The Morgan fingerprint density at radius 2 is 1.84 bits per heavy atom. The number of benzene rings is 2.